The van der Waals surface area contributed by atoms with E-state index in [1.165, 1.54) is 70.6 Å². The van der Waals surface area contributed by atoms with Crippen LogP contribution in [0.25, 0.3) is 0 Å². The van der Waals surface area contributed by atoms with Crippen molar-refractivity contribution in [3.8, 4) is 0 Å². The van der Waals surface area contributed by atoms with E-state index in [1.54, 1.807) is 0 Å². The van der Waals surface area contributed by atoms with E-state index in [2.05, 4.69) is 6.92 Å². The van der Waals surface area contributed by atoms with Crippen molar-refractivity contribution in [1.82, 2.24) is 0 Å². The summed E-state index contributed by atoms with van der Waals surface area (Å²) in [7, 11) is 0. The summed E-state index contributed by atoms with van der Waals surface area (Å²) in [6.45, 7) is 2.90. The van der Waals surface area contributed by atoms with Crippen LogP contribution in [0.1, 0.15) is 84.0 Å². The van der Waals surface area contributed by atoms with E-state index in [0.29, 0.717) is 12.4 Å². The lowest BCUT2D eigenvalue weighted by molar-refractivity contribution is -0.135. The Morgan fingerprint density at radius 3 is 2.33 bits per heavy atom. The molecule has 2 nitrogen and oxygen atoms in total. The summed E-state index contributed by atoms with van der Waals surface area (Å²) < 4.78 is 5.16. The van der Waals surface area contributed by atoms with Crippen LogP contribution in [-0.2, 0) is 9.53 Å². The highest BCUT2D eigenvalue weighted by molar-refractivity contribution is 5.37. The van der Waals surface area contributed by atoms with E-state index >= 15 is 0 Å². The normalized spacial score (nSPS) is 23.2. The monoisotopic (exact) mass is 254 g/mol. The highest BCUT2D eigenvalue weighted by Crippen LogP contribution is 2.32. The lowest BCUT2D eigenvalue weighted by atomic mass is 9.97. The molecule has 1 fully saturated rings. The predicted molar refractivity (Wildman–Crippen MR) is 75.5 cm³/mol. The van der Waals surface area contributed by atoms with Gasteiger partial charge in [0.1, 0.15) is 6.10 Å². The van der Waals surface area contributed by atoms with Crippen molar-refractivity contribution in [2.24, 2.45) is 5.92 Å². The maximum Gasteiger partial charge on any atom is 0.293 e. The minimum atomic E-state index is 0.229. The molecule has 1 saturated carbocycles. The van der Waals surface area contributed by atoms with Crippen LogP contribution in [-0.4, -0.2) is 12.6 Å². The molecule has 18 heavy (non-hydrogen) atoms. The molecule has 0 saturated heterocycles. The van der Waals surface area contributed by atoms with Gasteiger partial charge in [0.2, 0.25) is 0 Å². The summed E-state index contributed by atoms with van der Waals surface area (Å²) in [5, 5.41) is 0. The van der Waals surface area contributed by atoms with Crippen LogP contribution >= 0.6 is 0 Å². The Morgan fingerprint density at radius 2 is 1.67 bits per heavy atom. The van der Waals surface area contributed by atoms with Crippen LogP contribution in [0.15, 0.2) is 0 Å². The van der Waals surface area contributed by atoms with Crippen molar-refractivity contribution in [3.05, 3.63) is 0 Å². The molecule has 0 spiro atoms. The first-order valence-electron chi connectivity index (χ1n) is 7.97. The van der Waals surface area contributed by atoms with E-state index in [1.807, 2.05) is 0 Å². The largest absolute Gasteiger partial charge is 0.464 e. The first kappa shape index (κ1) is 15.5. The zero-order chi connectivity index (χ0) is 13.1. The molecule has 0 N–H and O–H groups in total. The molecule has 2 unspecified atom stereocenters. The minimum Gasteiger partial charge on any atom is -0.464 e. The number of rotatable bonds is 11. The molecule has 0 aromatic carbocycles. The van der Waals surface area contributed by atoms with Crippen LogP contribution in [0, 0.1) is 5.92 Å². The second-order valence-corrected chi connectivity index (χ2v) is 5.73. The fraction of sp³-hybridized carbons (Fsp3) is 0.938. The molecule has 2 heteroatoms. The summed E-state index contributed by atoms with van der Waals surface area (Å²) in [6, 6.07) is 0. The van der Waals surface area contributed by atoms with Crippen molar-refractivity contribution < 1.29 is 9.53 Å². The highest BCUT2D eigenvalue weighted by atomic mass is 16.5. The second kappa shape index (κ2) is 10.4. The third-order valence-electron chi connectivity index (χ3n) is 4.25. The third-order valence-corrected chi connectivity index (χ3v) is 4.25. The average molecular weight is 254 g/mol. The molecule has 0 bridgehead atoms. The molecule has 1 aliphatic rings. The van der Waals surface area contributed by atoms with Crippen LogP contribution < -0.4 is 0 Å². The standard InChI is InChI=1S/C16H30O2/c1-2-3-4-5-6-7-8-9-11-15-12-10-13-16(15)18-14-17/h14-16H,2-13H2,1H3. The Bertz CT molecular complexity index is 203. The summed E-state index contributed by atoms with van der Waals surface area (Å²) in [5.41, 5.74) is 0. The van der Waals surface area contributed by atoms with E-state index in [-0.39, 0.29) is 6.10 Å². The minimum absolute atomic E-state index is 0.229. The number of carbonyl (C=O) groups excluding carboxylic acids is 1. The topological polar surface area (TPSA) is 26.3 Å². The molecule has 2 atom stereocenters. The Kier molecular flexibility index (Phi) is 8.97. The number of ether oxygens (including phenoxy) is 1. The predicted octanol–water partition coefficient (Wildman–Crippen LogP) is 4.86. The molecule has 0 radical (unpaired) electrons. The first-order valence-corrected chi connectivity index (χ1v) is 7.97. The molecular weight excluding hydrogens is 224 g/mol. The molecule has 0 amide bonds. The van der Waals surface area contributed by atoms with Crippen molar-refractivity contribution in [2.75, 3.05) is 0 Å². The summed E-state index contributed by atoms with van der Waals surface area (Å²) >= 11 is 0. The SMILES string of the molecule is CCCCCCCCCCC1CCCC1OC=O. The van der Waals surface area contributed by atoms with Gasteiger partial charge >= 0.3 is 0 Å². The van der Waals surface area contributed by atoms with E-state index in [0.717, 1.165) is 6.42 Å². The number of hydrogen-bond donors (Lipinski definition) is 0. The molecular formula is C16H30O2. The molecule has 0 heterocycles. The molecule has 106 valence electrons. The fourth-order valence-electron chi connectivity index (χ4n) is 3.12. The van der Waals surface area contributed by atoms with Gasteiger partial charge < -0.3 is 4.74 Å². The van der Waals surface area contributed by atoms with Crippen LogP contribution in [0.3, 0.4) is 0 Å². The van der Waals surface area contributed by atoms with Crippen molar-refractivity contribution in [3.63, 3.8) is 0 Å². The number of unbranched alkanes of at least 4 members (excludes halogenated alkanes) is 7. The van der Waals surface area contributed by atoms with Crippen molar-refractivity contribution >= 4 is 6.47 Å². The van der Waals surface area contributed by atoms with E-state index in [4.69, 9.17) is 4.74 Å². The maximum absolute atomic E-state index is 10.4. The molecule has 1 aliphatic carbocycles. The number of hydrogen-bond acceptors (Lipinski definition) is 2. The van der Waals surface area contributed by atoms with Gasteiger partial charge in [-0.05, 0) is 31.6 Å². The highest BCUT2D eigenvalue weighted by Gasteiger charge is 2.27. The molecule has 0 aliphatic heterocycles. The summed E-state index contributed by atoms with van der Waals surface area (Å²) in [6.07, 6.45) is 16.1. The lowest BCUT2D eigenvalue weighted by Gasteiger charge is -2.17. The molecule has 1 rings (SSSR count). The quantitative estimate of drug-likeness (QED) is 0.389. The third kappa shape index (κ3) is 6.42. The van der Waals surface area contributed by atoms with Gasteiger partial charge in [0.25, 0.3) is 6.47 Å². The molecule has 0 aromatic heterocycles. The van der Waals surface area contributed by atoms with Gasteiger partial charge in [-0.25, -0.2) is 0 Å². The second-order valence-electron chi connectivity index (χ2n) is 5.73. The molecule has 0 aromatic rings. The Hall–Kier alpha value is -0.530. The smallest absolute Gasteiger partial charge is 0.293 e. The Labute approximate surface area is 112 Å². The fourth-order valence-corrected chi connectivity index (χ4v) is 3.12. The summed E-state index contributed by atoms with van der Waals surface area (Å²) in [4.78, 5) is 10.4. The van der Waals surface area contributed by atoms with Crippen LogP contribution in [0.2, 0.25) is 0 Å². The average Bonchev–Trinajstić information content (AvgIpc) is 2.81. The van der Waals surface area contributed by atoms with Crippen LogP contribution in [0.5, 0.6) is 0 Å². The van der Waals surface area contributed by atoms with Gasteiger partial charge in [0.05, 0.1) is 0 Å². The van der Waals surface area contributed by atoms with Gasteiger partial charge in [0.15, 0.2) is 0 Å². The zero-order valence-electron chi connectivity index (χ0n) is 12.0. The van der Waals surface area contributed by atoms with Crippen LogP contribution in [0.4, 0.5) is 0 Å². The van der Waals surface area contributed by atoms with Gasteiger partial charge in [-0.3, -0.25) is 4.79 Å². The van der Waals surface area contributed by atoms with Gasteiger partial charge in [-0.2, -0.15) is 0 Å². The lowest BCUT2D eigenvalue weighted by Crippen LogP contribution is -2.17. The van der Waals surface area contributed by atoms with E-state index < -0.39 is 0 Å². The van der Waals surface area contributed by atoms with Gasteiger partial charge in [-0.15, -0.1) is 0 Å². The zero-order valence-corrected chi connectivity index (χ0v) is 12.0. The first-order chi connectivity index (χ1) is 8.88. The van der Waals surface area contributed by atoms with Gasteiger partial charge in [-0.1, -0.05) is 58.3 Å². The Morgan fingerprint density at radius 1 is 1.00 bits per heavy atom. The van der Waals surface area contributed by atoms with Gasteiger partial charge in [0, 0.05) is 0 Å². The number of carbonyl (C=O) groups is 1. The van der Waals surface area contributed by atoms with E-state index in [9.17, 15) is 4.79 Å². The summed E-state index contributed by atoms with van der Waals surface area (Å²) in [5.74, 6) is 0.648. The maximum atomic E-state index is 10.4. The Balaban J connectivity index is 1.92. The van der Waals surface area contributed by atoms with Crippen molar-refractivity contribution in [1.29, 1.82) is 0 Å². The van der Waals surface area contributed by atoms with Crippen molar-refractivity contribution in [2.45, 2.75) is 90.1 Å².